The molecule has 0 aliphatic rings. The number of phenolic OH excluding ortho intramolecular Hbond substituents is 1. The molecule has 5 nitrogen and oxygen atoms in total. The summed E-state index contributed by atoms with van der Waals surface area (Å²) in [5.74, 6) is -0.519. The third kappa shape index (κ3) is 2.97. The van der Waals surface area contributed by atoms with Crippen molar-refractivity contribution in [1.29, 1.82) is 0 Å². The molecule has 0 heterocycles. The van der Waals surface area contributed by atoms with Gasteiger partial charge in [-0.05, 0) is 30.7 Å². The Kier molecular flexibility index (Phi) is 3.74. The van der Waals surface area contributed by atoms with Crippen LogP contribution in [0.3, 0.4) is 0 Å². The molecule has 0 saturated carbocycles. The number of non-ortho nitro benzene ring substituents is 1. The molecule has 102 valence electrons. The Hall–Kier alpha value is -2.76. The molecule has 0 atom stereocenters. The van der Waals surface area contributed by atoms with Crippen LogP contribution in [0.1, 0.15) is 11.1 Å². The Morgan fingerprint density at radius 1 is 1.30 bits per heavy atom. The predicted octanol–water partition coefficient (Wildman–Crippen LogP) is 3.50. The molecule has 0 amide bonds. The van der Waals surface area contributed by atoms with Crippen LogP contribution in [0.15, 0.2) is 41.4 Å². The number of halogens is 1. The summed E-state index contributed by atoms with van der Waals surface area (Å²) in [4.78, 5) is 14.1. The maximum absolute atomic E-state index is 13.3. The van der Waals surface area contributed by atoms with Gasteiger partial charge in [0.1, 0.15) is 11.6 Å². The van der Waals surface area contributed by atoms with Crippen LogP contribution in [0.4, 0.5) is 15.8 Å². The number of nitro benzene ring substituents is 1. The molecular weight excluding hydrogens is 263 g/mol. The van der Waals surface area contributed by atoms with Gasteiger partial charge < -0.3 is 5.11 Å². The summed E-state index contributed by atoms with van der Waals surface area (Å²) in [5, 5.41) is 20.3. The summed E-state index contributed by atoms with van der Waals surface area (Å²) in [5.41, 5.74) is 0.903. The predicted molar refractivity (Wildman–Crippen MR) is 73.2 cm³/mol. The fraction of sp³-hybridized carbons (Fsp3) is 0.0714. The Labute approximate surface area is 114 Å². The summed E-state index contributed by atoms with van der Waals surface area (Å²) in [6, 6.07) is 8.05. The van der Waals surface area contributed by atoms with Crippen molar-refractivity contribution in [3.05, 3.63) is 63.5 Å². The molecule has 0 aliphatic carbocycles. The zero-order valence-electron chi connectivity index (χ0n) is 10.6. The van der Waals surface area contributed by atoms with Gasteiger partial charge in [-0.3, -0.25) is 15.1 Å². The second-order valence-corrected chi connectivity index (χ2v) is 4.19. The average molecular weight is 274 g/mol. The number of hydrogen-bond acceptors (Lipinski definition) is 4. The van der Waals surface area contributed by atoms with Gasteiger partial charge in [0.2, 0.25) is 0 Å². The lowest BCUT2D eigenvalue weighted by molar-refractivity contribution is -0.384. The van der Waals surface area contributed by atoms with Gasteiger partial charge >= 0.3 is 0 Å². The van der Waals surface area contributed by atoms with E-state index in [2.05, 4.69) is 4.99 Å². The van der Waals surface area contributed by atoms with E-state index in [9.17, 15) is 19.6 Å². The van der Waals surface area contributed by atoms with Crippen LogP contribution in [-0.4, -0.2) is 16.2 Å². The minimum absolute atomic E-state index is 0.132. The van der Waals surface area contributed by atoms with Crippen molar-refractivity contribution < 1.29 is 14.4 Å². The third-order valence-electron chi connectivity index (χ3n) is 2.73. The van der Waals surface area contributed by atoms with Gasteiger partial charge in [0, 0.05) is 23.9 Å². The Balaban J connectivity index is 2.33. The summed E-state index contributed by atoms with van der Waals surface area (Å²) in [6.07, 6.45) is 1.26. The molecule has 0 bridgehead atoms. The highest BCUT2D eigenvalue weighted by Gasteiger charge is 2.08. The highest BCUT2D eigenvalue weighted by Crippen LogP contribution is 2.23. The quantitative estimate of drug-likeness (QED) is 0.528. The molecule has 0 unspecified atom stereocenters. The monoisotopic (exact) mass is 274 g/mol. The van der Waals surface area contributed by atoms with Crippen molar-refractivity contribution >= 4 is 17.6 Å². The number of hydrogen-bond donors (Lipinski definition) is 1. The van der Waals surface area contributed by atoms with Crippen LogP contribution >= 0.6 is 0 Å². The average Bonchev–Trinajstić information content (AvgIpc) is 2.41. The van der Waals surface area contributed by atoms with E-state index in [-0.39, 0.29) is 22.8 Å². The topological polar surface area (TPSA) is 75.7 Å². The second-order valence-electron chi connectivity index (χ2n) is 4.19. The van der Waals surface area contributed by atoms with Crippen molar-refractivity contribution in [2.24, 2.45) is 4.99 Å². The molecule has 0 saturated heterocycles. The van der Waals surface area contributed by atoms with E-state index in [4.69, 9.17) is 0 Å². The van der Waals surface area contributed by atoms with Crippen molar-refractivity contribution in [2.45, 2.75) is 6.92 Å². The molecule has 0 aromatic heterocycles. The van der Waals surface area contributed by atoms with Gasteiger partial charge in [-0.25, -0.2) is 4.39 Å². The number of nitrogens with zero attached hydrogens (tertiary/aromatic N) is 2. The van der Waals surface area contributed by atoms with E-state index in [1.54, 1.807) is 19.1 Å². The molecule has 2 rings (SSSR count). The van der Waals surface area contributed by atoms with Crippen LogP contribution < -0.4 is 0 Å². The van der Waals surface area contributed by atoms with E-state index in [1.807, 2.05) is 0 Å². The third-order valence-corrected chi connectivity index (χ3v) is 2.73. The summed E-state index contributed by atoms with van der Waals surface area (Å²) >= 11 is 0. The summed E-state index contributed by atoms with van der Waals surface area (Å²) in [6.45, 7) is 1.63. The van der Waals surface area contributed by atoms with Crippen LogP contribution in [0.25, 0.3) is 0 Å². The maximum atomic E-state index is 13.3. The Morgan fingerprint density at radius 2 is 2.05 bits per heavy atom. The van der Waals surface area contributed by atoms with E-state index in [0.29, 0.717) is 11.3 Å². The molecule has 0 fully saturated rings. The molecule has 0 aliphatic heterocycles. The van der Waals surface area contributed by atoms with Crippen molar-refractivity contribution in [3.8, 4) is 5.75 Å². The second kappa shape index (κ2) is 5.48. The van der Waals surface area contributed by atoms with Crippen LogP contribution in [0.5, 0.6) is 5.75 Å². The molecule has 2 aromatic carbocycles. The molecular formula is C14H11FN2O3. The minimum atomic E-state index is -0.567. The fourth-order valence-corrected chi connectivity index (χ4v) is 1.57. The molecule has 2 aromatic rings. The van der Waals surface area contributed by atoms with E-state index in [1.165, 1.54) is 30.5 Å². The van der Waals surface area contributed by atoms with E-state index < -0.39 is 4.92 Å². The van der Waals surface area contributed by atoms with Gasteiger partial charge in [0.25, 0.3) is 5.69 Å². The maximum Gasteiger partial charge on any atom is 0.270 e. The number of rotatable bonds is 3. The lowest BCUT2D eigenvalue weighted by atomic mass is 10.2. The number of aryl methyl sites for hydroxylation is 1. The lowest BCUT2D eigenvalue weighted by Crippen LogP contribution is -1.90. The zero-order valence-corrected chi connectivity index (χ0v) is 10.6. The van der Waals surface area contributed by atoms with Crippen molar-refractivity contribution in [3.63, 3.8) is 0 Å². The first kappa shape index (κ1) is 13.7. The lowest BCUT2D eigenvalue weighted by Gasteiger charge is -2.00. The number of phenols is 1. The van der Waals surface area contributed by atoms with Gasteiger partial charge in [0.15, 0.2) is 0 Å². The van der Waals surface area contributed by atoms with Crippen LogP contribution in [-0.2, 0) is 0 Å². The molecule has 0 spiro atoms. The van der Waals surface area contributed by atoms with Gasteiger partial charge in [-0.15, -0.1) is 0 Å². The van der Waals surface area contributed by atoms with Crippen molar-refractivity contribution in [2.75, 3.05) is 0 Å². The number of aliphatic imine (C=N–C) groups is 1. The van der Waals surface area contributed by atoms with Gasteiger partial charge in [-0.2, -0.15) is 0 Å². The highest BCUT2D eigenvalue weighted by atomic mass is 19.1. The fourth-order valence-electron chi connectivity index (χ4n) is 1.57. The van der Waals surface area contributed by atoms with E-state index in [0.717, 1.165) is 0 Å². The normalized spacial score (nSPS) is 10.9. The first-order valence-corrected chi connectivity index (χ1v) is 5.75. The SMILES string of the molecule is Cc1ccc(N=Cc2cc([N+](=O)[O-])ccc2O)cc1F. The highest BCUT2D eigenvalue weighted by molar-refractivity contribution is 5.86. The first-order chi connectivity index (χ1) is 9.47. The number of aromatic hydroxyl groups is 1. The minimum Gasteiger partial charge on any atom is -0.507 e. The van der Waals surface area contributed by atoms with Crippen LogP contribution in [0.2, 0.25) is 0 Å². The van der Waals surface area contributed by atoms with Gasteiger partial charge in [0.05, 0.1) is 10.6 Å². The molecule has 20 heavy (non-hydrogen) atoms. The first-order valence-electron chi connectivity index (χ1n) is 5.75. The Morgan fingerprint density at radius 3 is 2.70 bits per heavy atom. The molecule has 1 N–H and O–H groups in total. The largest absolute Gasteiger partial charge is 0.507 e. The summed E-state index contributed by atoms with van der Waals surface area (Å²) < 4.78 is 13.3. The molecule has 6 heteroatoms. The van der Waals surface area contributed by atoms with E-state index >= 15 is 0 Å². The number of benzene rings is 2. The molecule has 0 radical (unpaired) electrons. The smallest absolute Gasteiger partial charge is 0.270 e. The standard InChI is InChI=1S/C14H11FN2O3/c1-9-2-3-11(7-13(9)15)16-8-10-6-12(17(19)20)4-5-14(10)18/h2-8,18H,1H3. The summed E-state index contributed by atoms with van der Waals surface area (Å²) in [7, 11) is 0. The van der Waals surface area contributed by atoms with Crippen LogP contribution in [0, 0.1) is 22.9 Å². The Bertz CT molecular complexity index is 699. The number of nitro groups is 1. The van der Waals surface area contributed by atoms with Gasteiger partial charge in [-0.1, -0.05) is 6.07 Å². The van der Waals surface area contributed by atoms with Crippen molar-refractivity contribution in [1.82, 2.24) is 0 Å². The zero-order chi connectivity index (χ0) is 14.7.